The predicted molar refractivity (Wildman–Crippen MR) is 73.1 cm³/mol. The summed E-state index contributed by atoms with van der Waals surface area (Å²) in [5.74, 6) is 1.57. The Balaban J connectivity index is 2.03. The van der Waals surface area contributed by atoms with Crippen LogP contribution in [0.15, 0.2) is 24.3 Å². The molecule has 1 aromatic rings. The lowest BCUT2D eigenvalue weighted by Gasteiger charge is -2.27. The topological polar surface area (TPSA) is 29.3 Å². The molecule has 1 aliphatic carbocycles. The number of hydrogen-bond donors (Lipinski definition) is 1. The van der Waals surface area contributed by atoms with E-state index in [1.807, 2.05) is 0 Å². The molecule has 0 spiro atoms. The molecule has 1 fully saturated rings. The molecule has 19 heavy (non-hydrogen) atoms. The fourth-order valence-electron chi connectivity index (χ4n) is 2.58. The van der Waals surface area contributed by atoms with Gasteiger partial charge in [-0.05, 0) is 30.9 Å². The molecule has 2 rings (SSSR count). The van der Waals surface area contributed by atoms with E-state index < -0.39 is 6.43 Å². The number of rotatable bonds is 6. The van der Waals surface area contributed by atoms with Crippen LogP contribution in [0.1, 0.15) is 36.9 Å². The molecule has 0 bridgehead atoms. The fraction of sp³-hybridized carbons (Fsp3) is 0.600. The van der Waals surface area contributed by atoms with Crippen molar-refractivity contribution < 1.29 is 8.78 Å². The Hall–Kier alpha value is -1.00. The monoisotopic (exact) mass is 268 g/mol. The van der Waals surface area contributed by atoms with Gasteiger partial charge in [0.15, 0.2) is 0 Å². The Morgan fingerprint density at radius 2 is 1.79 bits per heavy atom. The number of nitrogens with zero attached hydrogens (tertiary/aromatic N) is 1. The van der Waals surface area contributed by atoms with Gasteiger partial charge in [0.2, 0.25) is 0 Å². The number of halogens is 2. The zero-order valence-electron chi connectivity index (χ0n) is 11.5. The van der Waals surface area contributed by atoms with Gasteiger partial charge in [-0.3, -0.25) is 4.90 Å². The van der Waals surface area contributed by atoms with Crippen molar-refractivity contribution in [2.75, 3.05) is 20.1 Å². The Bertz CT molecular complexity index is 405. The highest BCUT2D eigenvalue weighted by Crippen LogP contribution is 2.39. The van der Waals surface area contributed by atoms with Crippen molar-refractivity contribution in [3.05, 3.63) is 35.4 Å². The summed E-state index contributed by atoms with van der Waals surface area (Å²) in [5, 5.41) is 0. The minimum absolute atomic E-state index is 0.0676. The van der Waals surface area contributed by atoms with Gasteiger partial charge in [0.25, 0.3) is 6.43 Å². The standard InChI is InChI=1S/C15H22F2N2/c1-10-7-13(10)9-19(2)14(8-18)11-3-5-12(6-4-11)15(16)17/h3-6,10,13-15H,7-9,18H2,1-2H3. The van der Waals surface area contributed by atoms with Gasteiger partial charge in [-0.25, -0.2) is 8.78 Å². The minimum atomic E-state index is -2.41. The lowest BCUT2D eigenvalue weighted by atomic mass is 10.0. The van der Waals surface area contributed by atoms with Crippen LogP contribution in [0.25, 0.3) is 0 Å². The Morgan fingerprint density at radius 1 is 1.26 bits per heavy atom. The maximum atomic E-state index is 12.5. The Morgan fingerprint density at radius 3 is 2.21 bits per heavy atom. The average molecular weight is 268 g/mol. The van der Waals surface area contributed by atoms with Crippen molar-refractivity contribution in [1.29, 1.82) is 0 Å². The van der Waals surface area contributed by atoms with E-state index in [1.54, 1.807) is 12.1 Å². The maximum Gasteiger partial charge on any atom is 0.263 e. The SMILES string of the molecule is CC1CC1CN(C)C(CN)c1ccc(C(F)F)cc1. The quantitative estimate of drug-likeness (QED) is 0.858. The summed E-state index contributed by atoms with van der Waals surface area (Å²) in [6.07, 6.45) is -1.12. The summed E-state index contributed by atoms with van der Waals surface area (Å²) in [6.45, 7) is 3.79. The van der Waals surface area contributed by atoms with Crippen molar-refractivity contribution >= 4 is 0 Å². The van der Waals surface area contributed by atoms with Crippen LogP contribution in [-0.4, -0.2) is 25.0 Å². The molecule has 0 aliphatic heterocycles. The molecule has 0 radical (unpaired) electrons. The van der Waals surface area contributed by atoms with Crippen LogP contribution in [0.3, 0.4) is 0 Å². The Kier molecular flexibility index (Phi) is 4.53. The third-order valence-corrected chi connectivity index (χ3v) is 4.13. The molecule has 1 aromatic carbocycles. The van der Waals surface area contributed by atoms with E-state index in [2.05, 4.69) is 18.9 Å². The lowest BCUT2D eigenvalue weighted by molar-refractivity contribution is 0.151. The van der Waals surface area contributed by atoms with Gasteiger partial charge in [-0.2, -0.15) is 0 Å². The van der Waals surface area contributed by atoms with E-state index in [0.717, 1.165) is 23.9 Å². The third-order valence-electron chi connectivity index (χ3n) is 4.13. The number of benzene rings is 1. The molecule has 3 unspecified atom stereocenters. The molecule has 4 heteroatoms. The van der Waals surface area contributed by atoms with Crippen molar-refractivity contribution in [1.82, 2.24) is 4.90 Å². The zero-order chi connectivity index (χ0) is 14.0. The molecule has 0 aromatic heterocycles. The minimum Gasteiger partial charge on any atom is -0.329 e. The van der Waals surface area contributed by atoms with E-state index in [9.17, 15) is 8.78 Å². The molecular formula is C15H22F2N2. The molecule has 0 saturated heterocycles. The summed E-state index contributed by atoms with van der Waals surface area (Å²) < 4.78 is 25.1. The van der Waals surface area contributed by atoms with Crippen LogP contribution in [-0.2, 0) is 0 Å². The first-order chi connectivity index (χ1) is 9.02. The van der Waals surface area contributed by atoms with Crippen LogP contribution in [0.4, 0.5) is 8.78 Å². The van der Waals surface area contributed by atoms with Crippen LogP contribution in [0.5, 0.6) is 0 Å². The molecule has 2 N–H and O–H groups in total. The largest absolute Gasteiger partial charge is 0.329 e. The lowest BCUT2D eigenvalue weighted by Crippen LogP contribution is -2.32. The van der Waals surface area contributed by atoms with Gasteiger partial charge in [0, 0.05) is 24.7 Å². The number of likely N-dealkylation sites (N-methyl/N-ethyl adjacent to an activating group) is 1. The number of hydrogen-bond acceptors (Lipinski definition) is 2. The summed E-state index contributed by atoms with van der Waals surface area (Å²) in [6, 6.07) is 6.64. The molecule has 1 aliphatic rings. The number of alkyl halides is 2. The first-order valence-electron chi connectivity index (χ1n) is 6.81. The molecule has 2 nitrogen and oxygen atoms in total. The molecule has 106 valence electrons. The van der Waals surface area contributed by atoms with Gasteiger partial charge in [0.05, 0.1) is 0 Å². The van der Waals surface area contributed by atoms with E-state index in [-0.39, 0.29) is 11.6 Å². The predicted octanol–water partition coefficient (Wildman–Crippen LogP) is 3.21. The normalized spacial score (nSPS) is 23.9. The van der Waals surface area contributed by atoms with Crippen LogP contribution < -0.4 is 5.73 Å². The summed E-state index contributed by atoms with van der Waals surface area (Å²) in [5.41, 5.74) is 6.93. The van der Waals surface area contributed by atoms with E-state index in [0.29, 0.717) is 6.54 Å². The van der Waals surface area contributed by atoms with Crippen LogP contribution in [0, 0.1) is 11.8 Å². The third kappa shape index (κ3) is 3.51. The molecule has 1 saturated carbocycles. The second-order valence-electron chi connectivity index (χ2n) is 5.63. The highest BCUT2D eigenvalue weighted by Gasteiger charge is 2.34. The smallest absolute Gasteiger partial charge is 0.263 e. The second-order valence-corrected chi connectivity index (χ2v) is 5.63. The van der Waals surface area contributed by atoms with Gasteiger partial charge in [-0.1, -0.05) is 31.2 Å². The maximum absolute atomic E-state index is 12.5. The first-order valence-corrected chi connectivity index (χ1v) is 6.81. The first kappa shape index (κ1) is 14.4. The molecule has 3 atom stereocenters. The van der Waals surface area contributed by atoms with Crippen LogP contribution in [0.2, 0.25) is 0 Å². The Labute approximate surface area is 113 Å². The molecular weight excluding hydrogens is 246 g/mol. The summed E-state index contributed by atoms with van der Waals surface area (Å²) in [7, 11) is 2.06. The van der Waals surface area contributed by atoms with E-state index in [1.165, 1.54) is 18.6 Å². The summed E-state index contributed by atoms with van der Waals surface area (Å²) in [4.78, 5) is 2.24. The second kappa shape index (κ2) is 5.97. The molecule has 0 heterocycles. The van der Waals surface area contributed by atoms with E-state index in [4.69, 9.17) is 5.73 Å². The van der Waals surface area contributed by atoms with Crippen LogP contribution >= 0.6 is 0 Å². The number of nitrogens with two attached hydrogens (primary N) is 1. The van der Waals surface area contributed by atoms with Crippen molar-refractivity contribution in [2.45, 2.75) is 25.8 Å². The van der Waals surface area contributed by atoms with Crippen molar-refractivity contribution in [3.63, 3.8) is 0 Å². The van der Waals surface area contributed by atoms with Gasteiger partial charge in [-0.15, -0.1) is 0 Å². The highest BCUT2D eigenvalue weighted by atomic mass is 19.3. The molecule has 0 amide bonds. The van der Waals surface area contributed by atoms with Crippen molar-refractivity contribution in [3.8, 4) is 0 Å². The zero-order valence-corrected chi connectivity index (χ0v) is 11.5. The highest BCUT2D eigenvalue weighted by molar-refractivity contribution is 5.26. The van der Waals surface area contributed by atoms with E-state index >= 15 is 0 Å². The van der Waals surface area contributed by atoms with Gasteiger partial charge >= 0.3 is 0 Å². The average Bonchev–Trinajstić information content (AvgIpc) is 3.06. The summed E-state index contributed by atoms with van der Waals surface area (Å²) >= 11 is 0. The fourth-order valence-corrected chi connectivity index (χ4v) is 2.58. The van der Waals surface area contributed by atoms with Gasteiger partial charge in [0.1, 0.15) is 0 Å². The van der Waals surface area contributed by atoms with Crippen molar-refractivity contribution in [2.24, 2.45) is 17.6 Å². The van der Waals surface area contributed by atoms with Gasteiger partial charge < -0.3 is 5.73 Å².